The molecule has 2 rings (SSSR count). The van der Waals surface area contributed by atoms with Gasteiger partial charge in [0.05, 0.1) is 19.1 Å². The smallest absolute Gasteiger partial charge is 0.242 e. The lowest BCUT2D eigenvalue weighted by atomic mass is 10.1. The molecule has 14 nitrogen and oxygen atoms in total. The van der Waals surface area contributed by atoms with Crippen molar-refractivity contribution in [3.63, 3.8) is 0 Å². The van der Waals surface area contributed by atoms with Gasteiger partial charge in [0.1, 0.15) is 6.04 Å². The Morgan fingerprint density at radius 3 is 2.04 bits per heavy atom. The van der Waals surface area contributed by atoms with Gasteiger partial charge in [-0.05, 0) is 64.7 Å². The number of nitrogens with two attached hydrogens (primary N) is 4. The molecular formula is C30H52N10O4S. The molecule has 3 amide bonds. The number of unbranched alkanes of at least 4 members (excludes halogenated alkanes) is 1. The SMILES string of the molecule is CC(C)C(=O)CNC(=O)C(CCCCN)NC(=O)CNC(=O)C(N)CCCN=C(N)N.Cc1c[nH]c(=S)[nH]1.Cc1ccccc1. The number of carbonyl (C=O) groups is 4. The van der Waals surface area contributed by atoms with E-state index in [4.69, 9.17) is 35.2 Å². The number of rotatable bonds is 16. The average Bonchev–Trinajstić information content (AvgIpc) is 3.38. The maximum absolute atomic E-state index is 12.4. The van der Waals surface area contributed by atoms with Crippen molar-refractivity contribution in [2.24, 2.45) is 33.8 Å². The van der Waals surface area contributed by atoms with E-state index in [0.29, 0.717) is 50.0 Å². The molecule has 0 saturated heterocycles. The van der Waals surface area contributed by atoms with Gasteiger partial charge >= 0.3 is 0 Å². The molecule has 2 aromatic rings. The Kier molecular flexibility index (Phi) is 22.1. The molecule has 0 bridgehead atoms. The number of aryl methyl sites for hydroxylation is 2. The van der Waals surface area contributed by atoms with E-state index < -0.39 is 29.8 Å². The van der Waals surface area contributed by atoms with Crippen LogP contribution in [0, 0.1) is 24.5 Å². The quantitative estimate of drug-likeness (QED) is 0.0540. The number of amides is 3. The summed E-state index contributed by atoms with van der Waals surface area (Å²) in [6.45, 7) is 7.89. The number of aromatic amines is 2. The number of carbonyl (C=O) groups excluding carboxylic acids is 4. The zero-order valence-corrected chi connectivity index (χ0v) is 27.7. The Balaban J connectivity index is 0.00000110. The lowest BCUT2D eigenvalue weighted by molar-refractivity contribution is -0.131. The third-order valence-corrected chi connectivity index (χ3v) is 6.30. The van der Waals surface area contributed by atoms with Gasteiger partial charge in [0.25, 0.3) is 0 Å². The molecule has 0 radical (unpaired) electrons. The van der Waals surface area contributed by atoms with Crippen LogP contribution < -0.4 is 38.9 Å². The molecule has 0 fully saturated rings. The van der Waals surface area contributed by atoms with E-state index in [1.54, 1.807) is 13.8 Å². The first kappa shape index (κ1) is 40.9. The maximum atomic E-state index is 12.4. The predicted molar refractivity (Wildman–Crippen MR) is 180 cm³/mol. The van der Waals surface area contributed by atoms with Crippen LogP contribution in [0.4, 0.5) is 0 Å². The van der Waals surface area contributed by atoms with Crippen molar-refractivity contribution in [1.29, 1.82) is 0 Å². The Labute approximate surface area is 271 Å². The molecule has 2 atom stereocenters. The van der Waals surface area contributed by atoms with Gasteiger partial charge in [-0.3, -0.25) is 24.2 Å². The maximum Gasteiger partial charge on any atom is 0.242 e. The second-order valence-corrected chi connectivity index (χ2v) is 11.0. The molecular weight excluding hydrogens is 596 g/mol. The number of aliphatic imine (C=N–C) groups is 1. The lowest BCUT2D eigenvalue weighted by Gasteiger charge is -2.19. The van der Waals surface area contributed by atoms with Crippen LogP contribution in [0.15, 0.2) is 41.5 Å². The third kappa shape index (κ3) is 22.1. The minimum Gasteiger partial charge on any atom is -0.370 e. The number of nitrogens with zero attached hydrogens (tertiary/aromatic N) is 1. The van der Waals surface area contributed by atoms with Gasteiger partial charge in [0.2, 0.25) is 17.7 Å². The summed E-state index contributed by atoms with van der Waals surface area (Å²) >= 11 is 4.72. The van der Waals surface area contributed by atoms with Crippen LogP contribution in [-0.2, 0) is 19.2 Å². The van der Waals surface area contributed by atoms with Gasteiger partial charge < -0.3 is 48.9 Å². The summed E-state index contributed by atoms with van der Waals surface area (Å²) in [7, 11) is 0. The summed E-state index contributed by atoms with van der Waals surface area (Å²) in [6.07, 6.45) is 4.37. The number of nitrogens with one attached hydrogen (secondary N) is 5. The van der Waals surface area contributed by atoms with Crippen molar-refractivity contribution in [2.75, 3.05) is 26.2 Å². The van der Waals surface area contributed by atoms with Crippen molar-refractivity contribution < 1.29 is 19.2 Å². The molecule has 0 aliphatic rings. The van der Waals surface area contributed by atoms with Crippen LogP contribution in [0.5, 0.6) is 0 Å². The highest BCUT2D eigenvalue weighted by Gasteiger charge is 2.22. The number of hydrogen-bond donors (Lipinski definition) is 9. The largest absolute Gasteiger partial charge is 0.370 e. The number of imidazole rings is 1. The molecule has 45 heavy (non-hydrogen) atoms. The standard InChI is InChI=1S/C19H38N8O4.C7H8.C4H6N2S/c1-12(2)15(28)10-25-18(31)14(7-3-4-8-20)27-16(29)11-26-17(30)13(21)6-5-9-24-19(22)23;1-7-5-3-2-4-6-7;1-3-2-5-4(7)6-3/h12-14H,3-11,20-21H2,1-2H3,(H,25,31)(H,26,30)(H,27,29)(H4,22,23,24);2-6H,1H3;2H,1H3,(H2,5,6,7). The van der Waals surface area contributed by atoms with Crippen molar-refractivity contribution >= 4 is 41.7 Å². The first-order valence-corrected chi connectivity index (χ1v) is 15.3. The van der Waals surface area contributed by atoms with Crippen LogP contribution in [0.25, 0.3) is 0 Å². The zero-order valence-electron chi connectivity index (χ0n) is 26.9. The fourth-order valence-corrected chi connectivity index (χ4v) is 3.64. The van der Waals surface area contributed by atoms with Crippen LogP contribution in [0.2, 0.25) is 0 Å². The van der Waals surface area contributed by atoms with Gasteiger partial charge in [-0.15, -0.1) is 0 Å². The highest BCUT2D eigenvalue weighted by atomic mass is 32.1. The van der Waals surface area contributed by atoms with Gasteiger partial charge in [0, 0.05) is 24.4 Å². The highest BCUT2D eigenvalue weighted by Crippen LogP contribution is 2.02. The molecule has 13 N–H and O–H groups in total. The summed E-state index contributed by atoms with van der Waals surface area (Å²) in [5.41, 5.74) is 24.1. The van der Waals surface area contributed by atoms with E-state index in [-0.39, 0.29) is 30.8 Å². The summed E-state index contributed by atoms with van der Waals surface area (Å²) in [6, 6.07) is 8.62. The summed E-state index contributed by atoms with van der Waals surface area (Å²) < 4.78 is 0.692. The second kappa shape index (κ2) is 24.3. The van der Waals surface area contributed by atoms with E-state index in [1.807, 2.05) is 31.3 Å². The normalized spacial score (nSPS) is 11.4. The average molecular weight is 649 g/mol. The summed E-state index contributed by atoms with van der Waals surface area (Å²) in [5.74, 6) is -1.84. The molecule has 2 unspecified atom stereocenters. The van der Waals surface area contributed by atoms with Gasteiger partial charge in [-0.1, -0.05) is 49.7 Å². The molecule has 0 aliphatic carbocycles. The molecule has 1 aromatic heterocycles. The van der Waals surface area contributed by atoms with E-state index in [2.05, 4.69) is 50.0 Å². The molecule has 0 aliphatic heterocycles. The number of guanidine groups is 1. The van der Waals surface area contributed by atoms with Crippen LogP contribution in [-0.4, -0.2) is 77.7 Å². The summed E-state index contributed by atoms with van der Waals surface area (Å²) in [5, 5.41) is 7.57. The molecule has 1 aromatic carbocycles. The third-order valence-electron chi connectivity index (χ3n) is 6.08. The van der Waals surface area contributed by atoms with Gasteiger partial charge in [-0.25, -0.2) is 0 Å². The number of hydrogen-bond acceptors (Lipinski definition) is 8. The Bertz CT molecular complexity index is 1230. The van der Waals surface area contributed by atoms with Gasteiger partial charge in [0.15, 0.2) is 16.5 Å². The summed E-state index contributed by atoms with van der Waals surface area (Å²) in [4.78, 5) is 57.9. The number of Topliss-reactive ketones (excluding diaryl/α,β-unsaturated/α-hetero) is 1. The van der Waals surface area contributed by atoms with Crippen molar-refractivity contribution in [3.05, 3.63) is 52.6 Å². The topological polar surface area (TPSA) is 252 Å². The van der Waals surface area contributed by atoms with E-state index in [1.165, 1.54) is 5.56 Å². The lowest BCUT2D eigenvalue weighted by Crippen LogP contribution is -2.51. The van der Waals surface area contributed by atoms with E-state index in [0.717, 1.165) is 5.69 Å². The first-order chi connectivity index (χ1) is 21.3. The molecule has 252 valence electrons. The fraction of sp³-hybridized carbons (Fsp3) is 0.533. The Morgan fingerprint density at radius 2 is 1.58 bits per heavy atom. The second-order valence-electron chi connectivity index (χ2n) is 10.6. The molecule has 15 heteroatoms. The zero-order chi connectivity index (χ0) is 34.2. The van der Waals surface area contributed by atoms with Crippen molar-refractivity contribution in [2.45, 2.75) is 71.9 Å². The number of ketones is 1. The number of benzene rings is 1. The van der Waals surface area contributed by atoms with Crippen molar-refractivity contribution in [1.82, 2.24) is 25.9 Å². The minimum atomic E-state index is -0.829. The van der Waals surface area contributed by atoms with Crippen LogP contribution in [0.1, 0.15) is 57.2 Å². The predicted octanol–water partition coefficient (Wildman–Crippen LogP) is 0.814. The first-order valence-electron chi connectivity index (χ1n) is 14.9. The Hall–Kier alpha value is -4.08. The Morgan fingerprint density at radius 1 is 0.933 bits per heavy atom. The van der Waals surface area contributed by atoms with E-state index in [9.17, 15) is 19.2 Å². The molecule has 0 spiro atoms. The fourth-order valence-electron chi connectivity index (χ4n) is 3.42. The van der Waals surface area contributed by atoms with Crippen LogP contribution >= 0.6 is 12.2 Å². The van der Waals surface area contributed by atoms with Crippen LogP contribution in [0.3, 0.4) is 0 Å². The highest BCUT2D eigenvalue weighted by molar-refractivity contribution is 7.71. The molecule has 1 heterocycles. The molecule has 0 saturated carbocycles. The number of aromatic nitrogens is 2. The monoisotopic (exact) mass is 648 g/mol. The van der Waals surface area contributed by atoms with Gasteiger partial charge in [-0.2, -0.15) is 0 Å². The number of H-pyrrole nitrogens is 2. The van der Waals surface area contributed by atoms with Crippen molar-refractivity contribution in [3.8, 4) is 0 Å². The van der Waals surface area contributed by atoms with E-state index >= 15 is 0 Å². The minimum absolute atomic E-state index is 0.0340.